The van der Waals surface area contributed by atoms with Gasteiger partial charge in [0, 0.05) is 30.3 Å². The van der Waals surface area contributed by atoms with Crippen molar-refractivity contribution in [3.8, 4) is 5.75 Å². The Morgan fingerprint density at radius 3 is 2.45 bits per heavy atom. The molecule has 166 valence electrons. The monoisotopic (exact) mass is 425 g/mol. The van der Waals surface area contributed by atoms with E-state index in [-0.39, 0.29) is 23.9 Å². The summed E-state index contributed by atoms with van der Waals surface area (Å²) in [7, 11) is 5.82. The molecule has 1 aliphatic heterocycles. The molecule has 0 unspecified atom stereocenters. The SMILES string of the molecule is COc1cccc([C@H](CNC(=O)C2CCN(C(=O)Nc3ccccc3)CC2)[NH+](C)C)c1. The van der Waals surface area contributed by atoms with Gasteiger partial charge in [-0.15, -0.1) is 0 Å². The molecule has 3 amide bonds. The number of rotatable bonds is 7. The molecular weight excluding hydrogens is 392 g/mol. The first kappa shape index (κ1) is 22.6. The Morgan fingerprint density at radius 2 is 1.81 bits per heavy atom. The third-order valence-corrected chi connectivity index (χ3v) is 5.85. The average molecular weight is 426 g/mol. The predicted molar refractivity (Wildman–Crippen MR) is 121 cm³/mol. The standard InChI is InChI=1S/C24H32N4O3/c1-27(2)22(19-8-7-11-21(16-19)31-3)17-25-23(29)18-12-14-28(15-13-18)24(30)26-20-9-5-4-6-10-20/h4-11,16,18,22H,12-15,17H2,1-3H3,(H,25,29)(H,26,30)/p+1/t22-/m0/s1. The molecular formula is C24H33N4O3+. The number of nitrogens with zero attached hydrogens (tertiary/aromatic N) is 1. The minimum absolute atomic E-state index is 0.0658. The van der Waals surface area contributed by atoms with E-state index in [1.165, 1.54) is 4.90 Å². The Balaban J connectivity index is 1.49. The van der Waals surface area contributed by atoms with Gasteiger partial charge in [0.2, 0.25) is 5.91 Å². The lowest BCUT2D eigenvalue weighted by atomic mass is 9.95. The molecule has 3 N–H and O–H groups in total. The first-order chi connectivity index (χ1) is 15.0. The van der Waals surface area contributed by atoms with Gasteiger partial charge in [-0.3, -0.25) is 4.79 Å². The number of anilines is 1. The number of benzene rings is 2. The van der Waals surface area contributed by atoms with Gasteiger partial charge in [-0.2, -0.15) is 0 Å². The molecule has 31 heavy (non-hydrogen) atoms. The Kier molecular flexibility index (Phi) is 7.89. The van der Waals surface area contributed by atoms with E-state index in [1.54, 1.807) is 12.0 Å². The third kappa shape index (κ3) is 6.21. The number of hydrogen-bond acceptors (Lipinski definition) is 3. The molecule has 0 aliphatic carbocycles. The largest absolute Gasteiger partial charge is 0.497 e. The van der Waals surface area contributed by atoms with Crippen LogP contribution in [0.3, 0.4) is 0 Å². The van der Waals surface area contributed by atoms with Crippen LogP contribution in [0, 0.1) is 5.92 Å². The Bertz CT molecular complexity index is 864. The van der Waals surface area contributed by atoms with E-state index in [0.717, 1.165) is 17.0 Å². The molecule has 7 nitrogen and oxygen atoms in total. The molecule has 0 saturated carbocycles. The molecule has 1 heterocycles. The van der Waals surface area contributed by atoms with E-state index >= 15 is 0 Å². The summed E-state index contributed by atoms with van der Waals surface area (Å²) >= 11 is 0. The highest BCUT2D eigenvalue weighted by Crippen LogP contribution is 2.20. The van der Waals surface area contributed by atoms with E-state index in [4.69, 9.17) is 4.74 Å². The van der Waals surface area contributed by atoms with Crippen molar-refractivity contribution in [3.63, 3.8) is 0 Å². The van der Waals surface area contributed by atoms with Crippen LogP contribution < -0.4 is 20.3 Å². The summed E-state index contributed by atoms with van der Waals surface area (Å²) in [6.45, 7) is 1.72. The molecule has 1 saturated heterocycles. The van der Waals surface area contributed by atoms with Crippen molar-refractivity contribution in [2.75, 3.05) is 46.2 Å². The van der Waals surface area contributed by atoms with Crippen LogP contribution in [0.25, 0.3) is 0 Å². The normalized spacial score (nSPS) is 15.4. The highest BCUT2D eigenvalue weighted by atomic mass is 16.5. The fraction of sp³-hybridized carbons (Fsp3) is 0.417. The van der Waals surface area contributed by atoms with Crippen molar-refractivity contribution in [3.05, 3.63) is 60.2 Å². The van der Waals surface area contributed by atoms with Crippen molar-refractivity contribution < 1.29 is 19.2 Å². The Morgan fingerprint density at radius 1 is 1.10 bits per heavy atom. The molecule has 0 aromatic heterocycles. The molecule has 3 rings (SSSR count). The number of para-hydroxylation sites is 1. The Hall–Kier alpha value is -3.06. The number of likely N-dealkylation sites (tertiary alicyclic amines) is 1. The third-order valence-electron chi connectivity index (χ3n) is 5.85. The minimum atomic E-state index is -0.112. The number of hydrogen-bond donors (Lipinski definition) is 3. The van der Waals surface area contributed by atoms with Crippen LogP contribution in [0.1, 0.15) is 24.4 Å². The smallest absolute Gasteiger partial charge is 0.321 e. The molecule has 2 aromatic carbocycles. The first-order valence-corrected chi connectivity index (χ1v) is 10.8. The van der Waals surface area contributed by atoms with Gasteiger partial charge < -0.3 is 25.2 Å². The number of ether oxygens (including phenoxy) is 1. The van der Waals surface area contributed by atoms with E-state index in [1.807, 2.05) is 48.5 Å². The van der Waals surface area contributed by atoms with Gasteiger partial charge in [0.1, 0.15) is 11.8 Å². The molecule has 7 heteroatoms. The topological polar surface area (TPSA) is 75.1 Å². The van der Waals surface area contributed by atoms with Crippen molar-refractivity contribution >= 4 is 17.6 Å². The van der Waals surface area contributed by atoms with E-state index in [2.05, 4.69) is 30.8 Å². The van der Waals surface area contributed by atoms with Crippen molar-refractivity contribution in [1.29, 1.82) is 0 Å². The van der Waals surface area contributed by atoms with Crippen LogP contribution in [0.4, 0.5) is 10.5 Å². The van der Waals surface area contributed by atoms with Gasteiger partial charge >= 0.3 is 6.03 Å². The van der Waals surface area contributed by atoms with Gasteiger partial charge in [-0.25, -0.2) is 4.79 Å². The van der Waals surface area contributed by atoms with Crippen molar-refractivity contribution in [2.45, 2.75) is 18.9 Å². The number of likely N-dealkylation sites (N-methyl/N-ethyl adjacent to an activating group) is 1. The summed E-state index contributed by atoms with van der Waals surface area (Å²) in [5.74, 6) is 0.817. The lowest BCUT2D eigenvalue weighted by Crippen LogP contribution is -3.07. The molecule has 0 radical (unpaired) electrons. The lowest BCUT2D eigenvalue weighted by molar-refractivity contribution is -0.890. The second-order valence-corrected chi connectivity index (χ2v) is 8.21. The number of methoxy groups -OCH3 is 1. The second kappa shape index (κ2) is 10.8. The molecule has 1 aliphatic rings. The highest BCUT2D eigenvalue weighted by molar-refractivity contribution is 5.89. The number of nitrogens with one attached hydrogen (secondary N) is 3. The predicted octanol–water partition coefficient (Wildman–Crippen LogP) is 1.94. The van der Waals surface area contributed by atoms with Crippen LogP contribution in [-0.2, 0) is 4.79 Å². The fourth-order valence-corrected chi connectivity index (χ4v) is 3.93. The van der Waals surface area contributed by atoms with Crippen LogP contribution in [0.5, 0.6) is 5.75 Å². The molecule has 1 atom stereocenters. The lowest BCUT2D eigenvalue weighted by Gasteiger charge is -2.32. The maximum absolute atomic E-state index is 12.8. The molecule has 0 bridgehead atoms. The summed E-state index contributed by atoms with van der Waals surface area (Å²) in [6, 6.07) is 17.4. The van der Waals surface area contributed by atoms with Gasteiger partial charge in [-0.05, 0) is 37.1 Å². The van der Waals surface area contributed by atoms with Crippen LogP contribution in [-0.4, -0.2) is 57.7 Å². The summed E-state index contributed by atoms with van der Waals surface area (Å²) in [6.07, 6.45) is 1.35. The van der Waals surface area contributed by atoms with Crippen LogP contribution in [0.15, 0.2) is 54.6 Å². The van der Waals surface area contributed by atoms with E-state index in [0.29, 0.717) is 32.5 Å². The molecule has 0 spiro atoms. The van der Waals surface area contributed by atoms with Crippen molar-refractivity contribution in [2.24, 2.45) is 5.92 Å². The maximum Gasteiger partial charge on any atom is 0.321 e. The molecule has 2 aromatic rings. The van der Waals surface area contributed by atoms with Gasteiger partial charge in [-0.1, -0.05) is 30.3 Å². The summed E-state index contributed by atoms with van der Waals surface area (Å²) in [5.41, 5.74) is 1.91. The zero-order valence-electron chi connectivity index (χ0n) is 18.6. The number of urea groups is 1. The van der Waals surface area contributed by atoms with Gasteiger partial charge in [0.15, 0.2) is 0 Å². The fourth-order valence-electron chi connectivity index (χ4n) is 3.93. The molecule has 1 fully saturated rings. The number of carbonyl (C=O) groups is 2. The zero-order chi connectivity index (χ0) is 22.2. The first-order valence-electron chi connectivity index (χ1n) is 10.8. The minimum Gasteiger partial charge on any atom is -0.497 e. The number of amides is 3. The van der Waals surface area contributed by atoms with Gasteiger partial charge in [0.05, 0.1) is 27.7 Å². The summed E-state index contributed by atoms with van der Waals surface area (Å²) < 4.78 is 5.34. The number of piperidine rings is 1. The van der Waals surface area contributed by atoms with E-state index < -0.39 is 0 Å². The zero-order valence-corrected chi connectivity index (χ0v) is 18.6. The summed E-state index contributed by atoms with van der Waals surface area (Å²) in [4.78, 5) is 28.2. The number of quaternary nitrogens is 1. The van der Waals surface area contributed by atoms with Crippen molar-refractivity contribution in [1.82, 2.24) is 10.2 Å². The maximum atomic E-state index is 12.8. The second-order valence-electron chi connectivity index (χ2n) is 8.21. The average Bonchev–Trinajstić information content (AvgIpc) is 2.79. The number of carbonyl (C=O) groups excluding carboxylic acids is 2. The summed E-state index contributed by atoms with van der Waals surface area (Å²) in [5, 5.41) is 6.04. The Labute approximate surface area is 184 Å². The van der Waals surface area contributed by atoms with E-state index in [9.17, 15) is 9.59 Å². The van der Waals surface area contributed by atoms with Crippen LogP contribution in [0.2, 0.25) is 0 Å². The highest BCUT2D eigenvalue weighted by Gasteiger charge is 2.28. The quantitative estimate of drug-likeness (QED) is 0.635. The van der Waals surface area contributed by atoms with Gasteiger partial charge in [0.25, 0.3) is 0 Å². The van der Waals surface area contributed by atoms with Crippen LogP contribution >= 0.6 is 0 Å².